The summed E-state index contributed by atoms with van der Waals surface area (Å²) in [6.45, 7) is 3.18. The minimum atomic E-state index is 0.647. The van der Waals surface area contributed by atoms with Gasteiger partial charge in [0, 0.05) is 12.7 Å². The SMILES string of the molecule is CCC1CCC(n2ccc(CNC)n2)CC1. The van der Waals surface area contributed by atoms with Crippen LogP contribution in [-0.4, -0.2) is 16.8 Å². The first-order valence-corrected chi connectivity index (χ1v) is 6.52. The molecule has 0 aromatic carbocycles. The first-order chi connectivity index (χ1) is 7.83. The number of aromatic nitrogens is 2. The number of nitrogens with zero attached hydrogens (tertiary/aromatic N) is 2. The van der Waals surface area contributed by atoms with E-state index in [2.05, 4.69) is 34.3 Å². The van der Waals surface area contributed by atoms with Crippen molar-refractivity contribution in [2.24, 2.45) is 5.92 Å². The van der Waals surface area contributed by atoms with Crippen molar-refractivity contribution in [3.63, 3.8) is 0 Å². The lowest BCUT2D eigenvalue weighted by Crippen LogP contribution is -2.18. The largest absolute Gasteiger partial charge is 0.314 e. The minimum absolute atomic E-state index is 0.647. The average molecular weight is 221 g/mol. The molecule has 0 atom stereocenters. The molecular formula is C13H23N3. The van der Waals surface area contributed by atoms with E-state index in [4.69, 9.17) is 0 Å². The van der Waals surface area contributed by atoms with Gasteiger partial charge in [-0.1, -0.05) is 13.3 Å². The third-order valence-electron chi connectivity index (χ3n) is 3.79. The lowest BCUT2D eigenvalue weighted by atomic mass is 9.85. The predicted octanol–water partition coefficient (Wildman–Crippen LogP) is 2.74. The van der Waals surface area contributed by atoms with Crippen molar-refractivity contribution in [3.8, 4) is 0 Å². The molecule has 0 aliphatic heterocycles. The van der Waals surface area contributed by atoms with Crippen molar-refractivity contribution in [2.45, 2.75) is 51.6 Å². The van der Waals surface area contributed by atoms with Crippen LogP contribution in [0.3, 0.4) is 0 Å². The normalized spacial score (nSPS) is 25.9. The van der Waals surface area contributed by atoms with Crippen molar-refractivity contribution in [2.75, 3.05) is 7.05 Å². The van der Waals surface area contributed by atoms with Crippen molar-refractivity contribution in [1.82, 2.24) is 15.1 Å². The van der Waals surface area contributed by atoms with Crippen LogP contribution in [0.1, 0.15) is 50.8 Å². The second kappa shape index (κ2) is 5.48. The molecule has 2 rings (SSSR count). The Morgan fingerprint density at radius 1 is 1.38 bits per heavy atom. The minimum Gasteiger partial charge on any atom is -0.314 e. The highest BCUT2D eigenvalue weighted by Crippen LogP contribution is 2.33. The molecule has 1 aliphatic carbocycles. The van der Waals surface area contributed by atoms with E-state index in [-0.39, 0.29) is 0 Å². The molecule has 0 spiro atoms. The Labute approximate surface area is 98.2 Å². The molecule has 0 bridgehead atoms. The zero-order valence-electron chi connectivity index (χ0n) is 10.4. The Balaban J connectivity index is 1.92. The number of hydrogen-bond donors (Lipinski definition) is 1. The average Bonchev–Trinajstić information content (AvgIpc) is 2.78. The van der Waals surface area contributed by atoms with E-state index in [9.17, 15) is 0 Å². The van der Waals surface area contributed by atoms with Crippen molar-refractivity contribution in [3.05, 3.63) is 18.0 Å². The second-order valence-corrected chi connectivity index (χ2v) is 4.90. The molecule has 1 fully saturated rings. The van der Waals surface area contributed by atoms with Crippen molar-refractivity contribution >= 4 is 0 Å². The lowest BCUT2D eigenvalue weighted by Gasteiger charge is -2.27. The molecule has 0 saturated heterocycles. The Kier molecular flexibility index (Phi) is 3.99. The van der Waals surface area contributed by atoms with Crippen LogP contribution in [0, 0.1) is 5.92 Å². The molecule has 1 N–H and O–H groups in total. The van der Waals surface area contributed by atoms with Crippen molar-refractivity contribution < 1.29 is 0 Å². The fraction of sp³-hybridized carbons (Fsp3) is 0.769. The molecule has 0 unspecified atom stereocenters. The van der Waals surface area contributed by atoms with Gasteiger partial charge < -0.3 is 5.32 Å². The molecule has 1 aromatic heterocycles. The molecule has 0 amide bonds. The highest BCUT2D eigenvalue weighted by atomic mass is 15.3. The summed E-state index contributed by atoms with van der Waals surface area (Å²) in [6.07, 6.45) is 8.85. The summed E-state index contributed by atoms with van der Waals surface area (Å²) < 4.78 is 2.18. The van der Waals surface area contributed by atoms with E-state index in [0.29, 0.717) is 6.04 Å². The van der Waals surface area contributed by atoms with Crippen LogP contribution < -0.4 is 5.32 Å². The quantitative estimate of drug-likeness (QED) is 0.847. The molecule has 16 heavy (non-hydrogen) atoms. The molecule has 3 heteroatoms. The van der Waals surface area contributed by atoms with E-state index in [1.807, 2.05) is 7.05 Å². The Morgan fingerprint density at radius 2 is 2.12 bits per heavy atom. The van der Waals surface area contributed by atoms with Gasteiger partial charge >= 0.3 is 0 Å². The zero-order chi connectivity index (χ0) is 11.4. The van der Waals surface area contributed by atoms with Gasteiger partial charge in [-0.05, 0) is 44.7 Å². The summed E-state index contributed by atoms with van der Waals surface area (Å²) in [5.41, 5.74) is 1.15. The van der Waals surface area contributed by atoms with Gasteiger partial charge in [0.25, 0.3) is 0 Å². The maximum atomic E-state index is 4.63. The summed E-state index contributed by atoms with van der Waals surface area (Å²) in [5.74, 6) is 0.962. The van der Waals surface area contributed by atoms with Gasteiger partial charge in [-0.25, -0.2) is 0 Å². The Bertz CT molecular complexity index is 311. The van der Waals surface area contributed by atoms with E-state index < -0.39 is 0 Å². The summed E-state index contributed by atoms with van der Waals surface area (Å²) in [6, 6.07) is 2.77. The molecule has 1 saturated carbocycles. The van der Waals surface area contributed by atoms with Crippen LogP contribution in [0.25, 0.3) is 0 Å². The van der Waals surface area contributed by atoms with Crippen LogP contribution in [0.15, 0.2) is 12.3 Å². The van der Waals surface area contributed by atoms with E-state index in [1.54, 1.807) is 0 Å². The van der Waals surface area contributed by atoms with Crippen LogP contribution in [-0.2, 0) is 6.54 Å². The Morgan fingerprint density at radius 3 is 2.75 bits per heavy atom. The highest BCUT2D eigenvalue weighted by Gasteiger charge is 2.21. The van der Waals surface area contributed by atoms with E-state index in [0.717, 1.165) is 18.2 Å². The topological polar surface area (TPSA) is 29.9 Å². The molecular weight excluding hydrogens is 198 g/mol. The predicted molar refractivity (Wildman–Crippen MR) is 66.3 cm³/mol. The number of hydrogen-bond acceptors (Lipinski definition) is 2. The first kappa shape index (κ1) is 11.6. The third kappa shape index (κ3) is 2.64. The summed E-state index contributed by atoms with van der Waals surface area (Å²) in [7, 11) is 1.96. The van der Waals surface area contributed by atoms with Gasteiger partial charge in [0.15, 0.2) is 0 Å². The number of rotatable bonds is 4. The van der Waals surface area contributed by atoms with Crippen LogP contribution in [0.5, 0.6) is 0 Å². The fourth-order valence-corrected chi connectivity index (χ4v) is 2.67. The summed E-state index contributed by atoms with van der Waals surface area (Å²) in [4.78, 5) is 0. The van der Waals surface area contributed by atoms with Gasteiger partial charge in [0.1, 0.15) is 0 Å². The first-order valence-electron chi connectivity index (χ1n) is 6.52. The smallest absolute Gasteiger partial charge is 0.0762 e. The number of nitrogens with one attached hydrogen (secondary N) is 1. The van der Waals surface area contributed by atoms with Gasteiger partial charge in [0.2, 0.25) is 0 Å². The lowest BCUT2D eigenvalue weighted by molar-refractivity contribution is 0.255. The molecule has 1 aromatic rings. The third-order valence-corrected chi connectivity index (χ3v) is 3.79. The van der Waals surface area contributed by atoms with Gasteiger partial charge in [-0.2, -0.15) is 5.10 Å². The second-order valence-electron chi connectivity index (χ2n) is 4.90. The van der Waals surface area contributed by atoms with Gasteiger partial charge in [0.05, 0.1) is 11.7 Å². The molecule has 0 radical (unpaired) electrons. The maximum Gasteiger partial charge on any atom is 0.0762 e. The molecule has 90 valence electrons. The zero-order valence-corrected chi connectivity index (χ0v) is 10.4. The maximum absolute atomic E-state index is 4.63. The molecule has 3 nitrogen and oxygen atoms in total. The standard InChI is InChI=1S/C13H23N3/c1-3-11-4-6-13(7-5-11)16-9-8-12(15-16)10-14-2/h8-9,11,13-14H,3-7,10H2,1-2H3. The molecule has 1 aliphatic rings. The van der Waals surface area contributed by atoms with Crippen LogP contribution in [0.4, 0.5) is 0 Å². The van der Waals surface area contributed by atoms with Gasteiger partial charge in [-0.15, -0.1) is 0 Å². The van der Waals surface area contributed by atoms with E-state index >= 15 is 0 Å². The summed E-state index contributed by atoms with van der Waals surface area (Å²) >= 11 is 0. The summed E-state index contributed by atoms with van der Waals surface area (Å²) in [5, 5.41) is 7.77. The fourth-order valence-electron chi connectivity index (χ4n) is 2.67. The van der Waals surface area contributed by atoms with Crippen LogP contribution in [0.2, 0.25) is 0 Å². The highest BCUT2D eigenvalue weighted by molar-refractivity contribution is 4.99. The van der Waals surface area contributed by atoms with Crippen LogP contribution >= 0.6 is 0 Å². The molecule has 1 heterocycles. The Hall–Kier alpha value is -0.830. The van der Waals surface area contributed by atoms with Crippen molar-refractivity contribution in [1.29, 1.82) is 0 Å². The monoisotopic (exact) mass is 221 g/mol. The van der Waals surface area contributed by atoms with Gasteiger partial charge in [-0.3, -0.25) is 4.68 Å². The van der Waals surface area contributed by atoms with E-state index in [1.165, 1.54) is 32.1 Å².